The highest BCUT2D eigenvalue weighted by molar-refractivity contribution is 6.52. The summed E-state index contributed by atoms with van der Waals surface area (Å²) in [6.07, 6.45) is 5.37. The number of carbonyl (C=O) groups is 1. The molecule has 0 bridgehead atoms. The van der Waals surface area contributed by atoms with Crippen molar-refractivity contribution in [3.05, 3.63) is 41.5 Å². The fourth-order valence-electron chi connectivity index (χ4n) is 4.40. The normalized spacial score (nSPS) is 20.5. The third-order valence-electron chi connectivity index (χ3n) is 5.98. The van der Waals surface area contributed by atoms with E-state index in [1.54, 1.807) is 29.0 Å². The molecule has 0 saturated heterocycles. The molecule has 31 heavy (non-hydrogen) atoms. The van der Waals surface area contributed by atoms with Crippen molar-refractivity contribution in [2.24, 2.45) is 17.6 Å². The lowest BCUT2D eigenvalue weighted by Crippen LogP contribution is -2.24. The Morgan fingerprint density at radius 3 is 2.90 bits per heavy atom. The van der Waals surface area contributed by atoms with Crippen LogP contribution in [-0.4, -0.2) is 27.8 Å². The highest BCUT2D eigenvalue weighted by atomic mass is 16.5. The van der Waals surface area contributed by atoms with Gasteiger partial charge in [0.15, 0.2) is 5.82 Å². The Balaban J connectivity index is 1.67. The van der Waals surface area contributed by atoms with E-state index in [1.807, 2.05) is 6.07 Å². The highest BCUT2D eigenvalue weighted by Gasteiger charge is 2.29. The first-order valence-electron chi connectivity index (χ1n) is 10.6. The van der Waals surface area contributed by atoms with E-state index in [2.05, 4.69) is 30.3 Å². The van der Waals surface area contributed by atoms with Crippen molar-refractivity contribution in [2.75, 3.05) is 5.32 Å². The second-order valence-corrected chi connectivity index (χ2v) is 8.44. The van der Waals surface area contributed by atoms with E-state index >= 15 is 0 Å². The largest absolute Gasteiger partial charge is 0.552 e. The Labute approximate surface area is 181 Å². The number of rotatable bonds is 5. The summed E-state index contributed by atoms with van der Waals surface area (Å²) in [6, 6.07) is 7.80. The monoisotopic (exact) mass is 419 g/mol. The van der Waals surface area contributed by atoms with Gasteiger partial charge in [-0.15, -0.1) is 0 Å². The van der Waals surface area contributed by atoms with E-state index < -0.39 is 13.0 Å². The van der Waals surface area contributed by atoms with Gasteiger partial charge >= 0.3 is 7.12 Å². The molecule has 1 aromatic carbocycles. The number of benzene rings is 1. The van der Waals surface area contributed by atoms with E-state index in [0.717, 1.165) is 42.5 Å². The van der Waals surface area contributed by atoms with Gasteiger partial charge in [0.2, 0.25) is 0 Å². The number of carbonyl (C=O) groups excluding carboxylic acids is 1. The van der Waals surface area contributed by atoms with Crippen molar-refractivity contribution >= 4 is 30.1 Å². The zero-order valence-electron chi connectivity index (χ0n) is 17.7. The summed E-state index contributed by atoms with van der Waals surface area (Å²) in [6.45, 7) is 4.10. The van der Waals surface area contributed by atoms with E-state index in [-0.39, 0.29) is 23.4 Å². The molecule has 1 aliphatic heterocycles. The van der Waals surface area contributed by atoms with Gasteiger partial charge in [-0.05, 0) is 48.5 Å². The highest BCUT2D eigenvalue weighted by Crippen LogP contribution is 2.38. The third-order valence-corrected chi connectivity index (χ3v) is 5.98. The number of anilines is 2. The Morgan fingerprint density at radius 1 is 1.42 bits per heavy atom. The summed E-state index contributed by atoms with van der Waals surface area (Å²) in [5.41, 5.74) is 8.48. The second-order valence-electron chi connectivity index (χ2n) is 8.44. The molecule has 9 heteroatoms. The Hall–Kier alpha value is -3.25. The first kappa shape index (κ1) is 21.0. The van der Waals surface area contributed by atoms with Crippen LogP contribution in [0.2, 0.25) is 0 Å². The van der Waals surface area contributed by atoms with E-state index in [4.69, 9.17) is 10.4 Å². The van der Waals surface area contributed by atoms with Crippen molar-refractivity contribution < 1.29 is 14.5 Å². The zero-order chi connectivity index (χ0) is 22.1. The van der Waals surface area contributed by atoms with Gasteiger partial charge in [0.1, 0.15) is 11.3 Å². The van der Waals surface area contributed by atoms with Crippen molar-refractivity contribution in [3.63, 3.8) is 0 Å². The quantitative estimate of drug-likeness (QED) is 0.638. The van der Waals surface area contributed by atoms with Gasteiger partial charge in [-0.25, -0.2) is 0 Å². The van der Waals surface area contributed by atoms with Crippen molar-refractivity contribution in [1.29, 1.82) is 5.26 Å². The lowest BCUT2D eigenvalue weighted by Gasteiger charge is -2.26. The zero-order valence-corrected chi connectivity index (χ0v) is 17.7. The molecule has 0 spiro atoms. The molecule has 1 aliphatic carbocycles. The van der Waals surface area contributed by atoms with E-state index in [0.29, 0.717) is 11.6 Å². The second kappa shape index (κ2) is 8.48. The van der Waals surface area contributed by atoms with Crippen LogP contribution in [0.4, 0.5) is 11.5 Å². The number of hydrogen-bond acceptors (Lipinski definition) is 6. The summed E-state index contributed by atoms with van der Waals surface area (Å²) < 4.78 is 7.23. The van der Waals surface area contributed by atoms with Gasteiger partial charge in [-0.3, -0.25) is 9.48 Å². The number of nitrogens with two attached hydrogens (primary N) is 1. The van der Waals surface area contributed by atoms with Crippen molar-refractivity contribution in [3.8, 4) is 11.8 Å². The van der Waals surface area contributed by atoms with Crippen LogP contribution in [0.5, 0.6) is 5.75 Å². The lowest BCUT2D eigenvalue weighted by molar-refractivity contribution is 0.100. The van der Waals surface area contributed by atoms with Crippen LogP contribution in [0, 0.1) is 23.2 Å². The van der Waals surface area contributed by atoms with Crippen LogP contribution in [0.15, 0.2) is 30.4 Å². The Morgan fingerprint density at radius 2 is 2.19 bits per heavy atom. The molecule has 2 aliphatic rings. The van der Waals surface area contributed by atoms with E-state index in [1.165, 1.54) is 0 Å². The fourth-order valence-corrected chi connectivity index (χ4v) is 4.40. The van der Waals surface area contributed by atoms with E-state index in [9.17, 15) is 15.1 Å². The third kappa shape index (κ3) is 4.16. The minimum atomic E-state index is -0.968. The first-order chi connectivity index (χ1) is 14.9. The average Bonchev–Trinajstić information content (AvgIpc) is 3.17. The van der Waals surface area contributed by atoms with Crippen LogP contribution in [0.3, 0.4) is 0 Å². The SMILES string of the molecule is CC(C)C1=CB(O)Oc2ccc(Nc3nn(C4CCCCC4C#N)cc3C(N)=O)cc21. The van der Waals surface area contributed by atoms with Crippen LogP contribution in [0.25, 0.3) is 5.57 Å². The Bertz CT molecular complexity index is 1070. The molecule has 1 fully saturated rings. The molecular weight excluding hydrogens is 393 g/mol. The smallest absolute Gasteiger partial charge is 0.532 e. The predicted molar refractivity (Wildman–Crippen MR) is 118 cm³/mol. The van der Waals surface area contributed by atoms with Crippen LogP contribution in [-0.2, 0) is 0 Å². The number of nitriles is 1. The molecule has 160 valence electrons. The van der Waals surface area contributed by atoms with Gasteiger partial charge in [0, 0.05) is 17.4 Å². The van der Waals surface area contributed by atoms with Gasteiger partial charge in [0.25, 0.3) is 5.91 Å². The maximum atomic E-state index is 12.1. The average molecular weight is 419 g/mol. The van der Waals surface area contributed by atoms with Crippen LogP contribution < -0.4 is 15.7 Å². The number of nitrogens with zero attached hydrogens (tertiary/aromatic N) is 3. The standard InChI is InChI=1S/C22H26BN5O3/c1-13(2)17-10-23(30)31-20-8-7-15(9-16(17)20)26-22-18(21(25)29)12-28(27-22)19-6-4-3-5-14(19)11-24/h7-10,12-14,19,30H,3-6H2,1-2H3,(H2,25,29)(H,26,27). The molecule has 4 rings (SSSR count). The first-order valence-corrected chi connectivity index (χ1v) is 10.6. The maximum Gasteiger partial charge on any atom is 0.552 e. The molecule has 2 atom stereocenters. The van der Waals surface area contributed by atoms with Gasteiger partial charge in [-0.1, -0.05) is 26.7 Å². The topological polar surface area (TPSA) is 126 Å². The van der Waals surface area contributed by atoms with Crippen molar-refractivity contribution in [2.45, 2.75) is 45.6 Å². The lowest BCUT2D eigenvalue weighted by atomic mass is 9.78. The number of hydrogen-bond donors (Lipinski definition) is 3. The molecule has 4 N–H and O–H groups in total. The maximum absolute atomic E-state index is 12.1. The summed E-state index contributed by atoms with van der Waals surface area (Å²) in [7, 11) is -0.968. The molecule has 8 nitrogen and oxygen atoms in total. The molecule has 1 aromatic heterocycles. The summed E-state index contributed by atoms with van der Waals surface area (Å²) >= 11 is 0. The number of aromatic nitrogens is 2. The van der Waals surface area contributed by atoms with Crippen LogP contribution >= 0.6 is 0 Å². The number of primary amides is 1. The van der Waals surface area contributed by atoms with Gasteiger partial charge in [-0.2, -0.15) is 10.4 Å². The minimum Gasteiger partial charge on any atom is -0.532 e. The fraction of sp³-hybridized carbons (Fsp3) is 0.409. The predicted octanol–water partition coefficient (Wildman–Crippen LogP) is 3.43. The molecule has 0 radical (unpaired) electrons. The molecule has 2 unspecified atom stereocenters. The van der Waals surface area contributed by atoms with Crippen molar-refractivity contribution in [1.82, 2.24) is 9.78 Å². The molecule has 1 saturated carbocycles. The number of amides is 1. The minimum absolute atomic E-state index is 0.0682. The summed E-state index contributed by atoms with van der Waals surface area (Å²) in [5, 5.41) is 27.3. The van der Waals surface area contributed by atoms with Crippen LogP contribution in [0.1, 0.15) is 61.5 Å². The number of fused-ring (bicyclic) bond motifs is 1. The number of nitrogens with one attached hydrogen (secondary N) is 1. The summed E-state index contributed by atoms with van der Waals surface area (Å²) in [5.74, 6) is 2.15. The molecule has 1 amide bonds. The molecule has 2 heterocycles. The number of allylic oxidation sites excluding steroid dienone is 1. The molecule has 2 aromatic rings. The summed E-state index contributed by atoms with van der Waals surface area (Å²) in [4.78, 5) is 12.1. The Kier molecular flexibility index (Phi) is 5.74. The molecular formula is C22H26BN5O3. The van der Waals surface area contributed by atoms with Gasteiger partial charge < -0.3 is 20.7 Å². The van der Waals surface area contributed by atoms with Gasteiger partial charge in [0.05, 0.1) is 18.0 Å².